The van der Waals surface area contributed by atoms with Crippen LogP contribution in [0.3, 0.4) is 0 Å². The van der Waals surface area contributed by atoms with Gasteiger partial charge in [-0.3, -0.25) is 0 Å². The second kappa shape index (κ2) is 5.27. The summed E-state index contributed by atoms with van der Waals surface area (Å²) in [6, 6.07) is 7.99. The maximum Gasteiger partial charge on any atom is 0.410 e. The number of hydrogen-bond acceptors (Lipinski definition) is 3. The lowest BCUT2D eigenvalue weighted by molar-refractivity contribution is -0.103. The molecule has 1 amide bonds. The number of ether oxygens (including phenoxy) is 1. The Balaban J connectivity index is 2.02. The fourth-order valence-electron chi connectivity index (χ4n) is 2.50. The van der Waals surface area contributed by atoms with Crippen LogP contribution in [0.2, 0.25) is 0 Å². The number of likely N-dealkylation sites (tertiary alicyclic amines) is 1. The van der Waals surface area contributed by atoms with Crippen molar-refractivity contribution in [3.05, 3.63) is 35.4 Å². The van der Waals surface area contributed by atoms with E-state index in [0.717, 1.165) is 5.56 Å². The molecule has 1 aromatic carbocycles. The van der Waals surface area contributed by atoms with E-state index in [1.165, 1.54) is 10.5 Å². The van der Waals surface area contributed by atoms with Crippen molar-refractivity contribution in [3.63, 3.8) is 0 Å². The molecular formula is C18H27NO3. The molecule has 1 fully saturated rings. The molecule has 0 atom stereocenters. The minimum atomic E-state index is -0.965. The normalized spacial score (nSPS) is 17.9. The zero-order valence-corrected chi connectivity index (χ0v) is 14.4. The summed E-state index contributed by atoms with van der Waals surface area (Å²) in [4.78, 5) is 13.5. The first-order valence-corrected chi connectivity index (χ1v) is 7.72. The smallest absolute Gasteiger partial charge is 0.410 e. The molecule has 4 heteroatoms. The topological polar surface area (TPSA) is 49.8 Å². The average molecular weight is 305 g/mol. The summed E-state index contributed by atoms with van der Waals surface area (Å²) in [7, 11) is 0. The van der Waals surface area contributed by atoms with Gasteiger partial charge in [0.25, 0.3) is 0 Å². The zero-order valence-electron chi connectivity index (χ0n) is 14.4. The van der Waals surface area contributed by atoms with E-state index >= 15 is 0 Å². The van der Waals surface area contributed by atoms with Crippen LogP contribution in [0.15, 0.2) is 24.3 Å². The quantitative estimate of drug-likeness (QED) is 0.865. The van der Waals surface area contributed by atoms with E-state index in [1.807, 2.05) is 45.0 Å². The number of carbonyl (C=O) groups is 1. The van der Waals surface area contributed by atoms with Crippen LogP contribution in [-0.2, 0) is 15.8 Å². The molecular weight excluding hydrogens is 278 g/mol. The first-order chi connectivity index (χ1) is 9.91. The van der Waals surface area contributed by atoms with E-state index in [4.69, 9.17) is 4.74 Å². The Morgan fingerprint density at radius 1 is 1.09 bits per heavy atom. The van der Waals surface area contributed by atoms with E-state index in [0.29, 0.717) is 0 Å². The maximum atomic E-state index is 11.9. The molecule has 1 heterocycles. The van der Waals surface area contributed by atoms with Crippen LogP contribution >= 0.6 is 0 Å². The zero-order chi connectivity index (χ0) is 16.8. The molecule has 0 radical (unpaired) electrons. The van der Waals surface area contributed by atoms with Crippen molar-refractivity contribution < 1.29 is 14.6 Å². The van der Waals surface area contributed by atoms with Gasteiger partial charge in [0.2, 0.25) is 0 Å². The van der Waals surface area contributed by atoms with E-state index in [1.54, 1.807) is 0 Å². The van der Waals surface area contributed by atoms with Crippen molar-refractivity contribution in [2.45, 2.75) is 58.2 Å². The molecule has 0 saturated carbocycles. The van der Waals surface area contributed by atoms with Crippen LogP contribution in [0.25, 0.3) is 0 Å². The number of aliphatic hydroxyl groups is 1. The van der Waals surface area contributed by atoms with Crippen LogP contribution in [0.5, 0.6) is 0 Å². The van der Waals surface area contributed by atoms with Crippen LogP contribution in [0, 0.1) is 0 Å². The van der Waals surface area contributed by atoms with Gasteiger partial charge in [0.05, 0.1) is 13.1 Å². The molecule has 1 aromatic rings. The molecule has 0 unspecified atom stereocenters. The number of amides is 1. The standard InChI is InChI=1S/C18H27NO3/c1-16(2,3)13-7-9-14(10-8-13)18(21)11-19(12-18)15(20)22-17(4,5)6/h7-10,21H,11-12H2,1-6H3. The second-order valence-corrected chi connectivity index (χ2v) is 8.20. The lowest BCUT2D eigenvalue weighted by Crippen LogP contribution is -2.61. The maximum absolute atomic E-state index is 11.9. The minimum Gasteiger partial charge on any atom is -0.444 e. The fraction of sp³-hybridized carbons (Fsp3) is 0.611. The molecule has 1 aliphatic heterocycles. The number of carbonyl (C=O) groups excluding carboxylic acids is 1. The molecule has 2 rings (SSSR count). The molecule has 0 bridgehead atoms. The van der Waals surface area contributed by atoms with Crippen LogP contribution in [-0.4, -0.2) is 34.8 Å². The fourth-order valence-corrected chi connectivity index (χ4v) is 2.50. The van der Waals surface area contributed by atoms with Gasteiger partial charge in [0, 0.05) is 0 Å². The number of rotatable bonds is 1. The highest BCUT2D eigenvalue weighted by Crippen LogP contribution is 2.34. The van der Waals surface area contributed by atoms with Crippen molar-refractivity contribution >= 4 is 6.09 Å². The van der Waals surface area contributed by atoms with Crippen molar-refractivity contribution in [2.24, 2.45) is 0 Å². The van der Waals surface area contributed by atoms with Crippen molar-refractivity contribution in [3.8, 4) is 0 Å². The van der Waals surface area contributed by atoms with Gasteiger partial charge in [-0.1, -0.05) is 45.0 Å². The van der Waals surface area contributed by atoms with Gasteiger partial charge in [0.15, 0.2) is 0 Å². The number of β-amino-alcohol motifs (C(OH)–C–C–N with tert-alkyl or cyclic N) is 1. The lowest BCUT2D eigenvalue weighted by atomic mass is 9.82. The van der Waals surface area contributed by atoms with Gasteiger partial charge in [0.1, 0.15) is 11.2 Å². The molecule has 0 spiro atoms. The van der Waals surface area contributed by atoms with E-state index in [9.17, 15) is 9.90 Å². The van der Waals surface area contributed by atoms with Crippen molar-refractivity contribution in [1.29, 1.82) is 0 Å². The van der Waals surface area contributed by atoms with Gasteiger partial charge < -0.3 is 14.7 Å². The van der Waals surface area contributed by atoms with E-state index in [-0.39, 0.29) is 24.6 Å². The summed E-state index contributed by atoms with van der Waals surface area (Å²) in [5, 5.41) is 10.6. The predicted octanol–water partition coefficient (Wildman–Crippen LogP) is 3.42. The highest BCUT2D eigenvalue weighted by atomic mass is 16.6. The lowest BCUT2D eigenvalue weighted by Gasteiger charge is -2.46. The number of benzene rings is 1. The Morgan fingerprint density at radius 3 is 2.00 bits per heavy atom. The monoisotopic (exact) mass is 305 g/mol. The van der Waals surface area contributed by atoms with Gasteiger partial charge in [-0.2, -0.15) is 0 Å². The molecule has 1 saturated heterocycles. The molecule has 1 N–H and O–H groups in total. The number of nitrogens with zero attached hydrogens (tertiary/aromatic N) is 1. The first kappa shape index (κ1) is 16.8. The third-order valence-corrected chi connectivity index (χ3v) is 3.84. The molecule has 1 aliphatic rings. The van der Waals surface area contributed by atoms with Gasteiger partial charge in [-0.25, -0.2) is 4.79 Å². The summed E-state index contributed by atoms with van der Waals surface area (Å²) < 4.78 is 5.31. The van der Waals surface area contributed by atoms with E-state index in [2.05, 4.69) is 20.8 Å². The Labute approximate surface area is 133 Å². The van der Waals surface area contributed by atoms with Gasteiger partial charge >= 0.3 is 6.09 Å². The predicted molar refractivity (Wildman–Crippen MR) is 86.8 cm³/mol. The van der Waals surface area contributed by atoms with Crippen molar-refractivity contribution in [2.75, 3.05) is 13.1 Å². The summed E-state index contributed by atoms with van der Waals surface area (Å²) in [5.41, 5.74) is 0.680. The molecule has 0 aromatic heterocycles. The van der Waals surface area contributed by atoms with Crippen molar-refractivity contribution in [1.82, 2.24) is 4.90 Å². The third-order valence-electron chi connectivity index (χ3n) is 3.84. The van der Waals surface area contributed by atoms with Crippen LogP contribution in [0.1, 0.15) is 52.7 Å². The average Bonchev–Trinajstić information content (AvgIpc) is 2.32. The van der Waals surface area contributed by atoms with Crippen LogP contribution < -0.4 is 0 Å². The Bertz CT molecular complexity index is 543. The SMILES string of the molecule is CC(C)(C)OC(=O)N1CC(O)(c2ccc(C(C)(C)C)cc2)C1. The highest BCUT2D eigenvalue weighted by molar-refractivity contribution is 5.70. The summed E-state index contributed by atoms with van der Waals surface area (Å²) >= 11 is 0. The summed E-state index contributed by atoms with van der Waals surface area (Å²) in [5.74, 6) is 0. The number of hydrogen-bond donors (Lipinski definition) is 1. The largest absolute Gasteiger partial charge is 0.444 e. The summed E-state index contributed by atoms with van der Waals surface area (Å²) in [6.45, 7) is 12.5. The van der Waals surface area contributed by atoms with Crippen LogP contribution in [0.4, 0.5) is 4.79 Å². The first-order valence-electron chi connectivity index (χ1n) is 7.72. The Kier molecular flexibility index (Phi) is 4.03. The third kappa shape index (κ3) is 3.61. The van der Waals surface area contributed by atoms with Gasteiger partial charge in [-0.05, 0) is 37.3 Å². The Morgan fingerprint density at radius 2 is 1.59 bits per heavy atom. The highest BCUT2D eigenvalue weighted by Gasteiger charge is 2.46. The molecule has 4 nitrogen and oxygen atoms in total. The Hall–Kier alpha value is -1.55. The second-order valence-electron chi connectivity index (χ2n) is 8.20. The molecule has 0 aliphatic carbocycles. The van der Waals surface area contributed by atoms with Gasteiger partial charge in [-0.15, -0.1) is 0 Å². The summed E-state index contributed by atoms with van der Waals surface area (Å²) in [6.07, 6.45) is -0.372. The van der Waals surface area contributed by atoms with E-state index < -0.39 is 11.2 Å². The molecule has 22 heavy (non-hydrogen) atoms. The minimum absolute atomic E-state index is 0.0866. The molecule has 122 valence electrons.